The standard InChI is InChI=1S/C13H12FN3.2ClH/c14-11-3-1-2-9(6-11)13-7-10-8-15-5-4-12(10)16-17-13;;/h1-3,6-7,15H,4-5,8H2;2*1H. The van der Waals surface area contributed by atoms with Gasteiger partial charge in [0.1, 0.15) is 5.82 Å². The molecule has 3 rings (SSSR count). The first-order valence-corrected chi connectivity index (χ1v) is 5.65. The van der Waals surface area contributed by atoms with Gasteiger partial charge in [-0.05, 0) is 23.8 Å². The molecule has 1 N–H and O–H groups in total. The largest absolute Gasteiger partial charge is 0.312 e. The quantitative estimate of drug-likeness (QED) is 0.880. The molecule has 1 aromatic carbocycles. The van der Waals surface area contributed by atoms with Gasteiger partial charge in [-0.2, -0.15) is 10.2 Å². The van der Waals surface area contributed by atoms with E-state index in [1.165, 1.54) is 12.1 Å². The van der Waals surface area contributed by atoms with Crippen LogP contribution < -0.4 is 5.32 Å². The topological polar surface area (TPSA) is 37.8 Å². The third-order valence-electron chi connectivity index (χ3n) is 2.93. The van der Waals surface area contributed by atoms with Crippen LogP contribution in [0.4, 0.5) is 4.39 Å². The van der Waals surface area contributed by atoms with Crippen LogP contribution in [0.25, 0.3) is 11.3 Å². The number of benzene rings is 1. The Morgan fingerprint density at radius 1 is 1.11 bits per heavy atom. The monoisotopic (exact) mass is 301 g/mol. The SMILES string of the molecule is Cl.Cl.Fc1cccc(-c2cc3c(nn2)CCNC3)c1. The normalized spacial score (nSPS) is 12.9. The number of hydrogen-bond acceptors (Lipinski definition) is 3. The lowest BCUT2D eigenvalue weighted by molar-refractivity contribution is 0.620. The molecule has 0 unspecified atom stereocenters. The van der Waals surface area contributed by atoms with Gasteiger partial charge in [0.15, 0.2) is 0 Å². The fourth-order valence-corrected chi connectivity index (χ4v) is 2.04. The molecule has 0 saturated carbocycles. The molecule has 0 spiro atoms. The van der Waals surface area contributed by atoms with Crippen LogP contribution in [0.15, 0.2) is 30.3 Å². The van der Waals surface area contributed by atoms with Crippen molar-refractivity contribution in [3.63, 3.8) is 0 Å². The van der Waals surface area contributed by atoms with Gasteiger partial charge in [-0.15, -0.1) is 24.8 Å². The summed E-state index contributed by atoms with van der Waals surface area (Å²) in [6.45, 7) is 1.76. The van der Waals surface area contributed by atoms with E-state index in [-0.39, 0.29) is 30.6 Å². The first-order valence-electron chi connectivity index (χ1n) is 5.65. The zero-order valence-corrected chi connectivity index (χ0v) is 11.7. The first-order chi connectivity index (χ1) is 8.33. The number of hydrogen-bond donors (Lipinski definition) is 1. The highest BCUT2D eigenvalue weighted by Crippen LogP contribution is 2.20. The minimum atomic E-state index is -0.250. The van der Waals surface area contributed by atoms with Crippen molar-refractivity contribution in [2.24, 2.45) is 0 Å². The summed E-state index contributed by atoms with van der Waals surface area (Å²) >= 11 is 0. The minimum Gasteiger partial charge on any atom is -0.312 e. The molecular weight excluding hydrogens is 288 g/mol. The van der Waals surface area contributed by atoms with Crippen LogP contribution in [0, 0.1) is 5.82 Å². The number of nitrogens with one attached hydrogen (secondary N) is 1. The van der Waals surface area contributed by atoms with Gasteiger partial charge in [-0.1, -0.05) is 12.1 Å². The molecule has 0 fully saturated rings. The van der Waals surface area contributed by atoms with E-state index in [1.54, 1.807) is 6.07 Å². The van der Waals surface area contributed by atoms with Crippen LogP contribution in [0.1, 0.15) is 11.3 Å². The van der Waals surface area contributed by atoms with Crippen LogP contribution in [0.3, 0.4) is 0 Å². The zero-order chi connectivity index (χ0) is 11.7. The van der Waals surface area contributed by atoms with Crippen molar-refractivity contribution in [2.75, 3.05) is 6.54 Å². The van der Waals surface area contributed by atoms with E-state index in [0.717, 1.165) is 42.0 Å². The minimum absolute atomic E-state index is 0. The van der Waals surface area contributed by atoms with E-state index in [0.29, 0.717) is 0 Å². The molecule has 0 bridgehead atoms. The van der Waals surface area contributed by atoms with Crippen molar-refractivity contribution >= 4 is 24.8 Å². The second-order valence-corrected chi connectivity index (χ2v) is 4.14. The molecule has 19 heavy (non-hydrogen) atoms. The summed E-state index contributed by atoms with van der Waals surface area (Å²) in [5.74, 6) is -0.250. The molecule has 1 aliphatic heterocycles. The molecular formula is C13H14Cl2FN3. The van der Waals surface area contributed by atoms with Gasteiger partial charge in [0, 0.05) is 25.1 Å². The highest BCUT2D eigenvalue weighted by atomic mass is 35.5. The summed E-state index contributed by atoms with van der Waals surface area (Å²) in [4.78, 5) is 0. The number of rotatable bonds is 1. The Morgan fingerprint density at radius 3 is 2.74 bits per heavy atom. The number of halogens is 3. The Bertz CT molecular complexity index is 563. The average molecular weight is 302 g/mol. The molecule has 102 valence electrons. The van der Waals surface area contributed by atoms with E-state index in [4.69, 9.17) is 0 Å². The van der Waals surface area contributed by atoms with Crippen LogP contribution in [-0.4, -0.2) is 16.7 Å². The first kappa shape index (κ1) is 15.8. The molecule has 1 aromatic heterocycles. The molecule has 0 radical (unpaired) electrons. The smallest absolute Gasteiger partial charge is 0.123 e. The van der Waals surface area contributed by atoms with Crippen LogP contribution in [0.2, 0.25) is 0 Å². The molecule has 6 heteroatoms. The Labute approximate surface area is 123 Å². The average Bonchev–Trinajstić information content (AvgIpc) is 2.38. The molecule has 3 nitrogen and oxygen atoms in total. The molecule has 2 aromatic rings. The maximum Gasteiger partial charge on any atom is 0.123 e. The summed E-state index contributed by atoms with van der Waals surface area (Å²) in [5, 5.41) is 11.7. The zero-order valence-electron chi connectivity index (χ0n) is 10.1. The van der Waals surface area contributed by atoms with E-state index < -0.39 is 0 Å². The van der Waals surface area contributed by atoms with E-state index in [1.807, 2.05) is 12.1 Å². The fraction of sp³-hybridized carbons (Fsp3) is 0.231. The van der Waals surface area contributed by atoms with E-state index >= 15 is 0 Å². The summed E-state index contributed by atoms with van der Waals surface area (Å²) in [5.41, 5.74) is 3.70. The third-order valence-corrected chi connectivity index (χ3v) is 2.93. The van der Waals surface area contributed by atoms with Gasteiger partial charge in [-0.25, -0.2) is 4.39 Å². The highest BCUT2D eigenvalue weighted by Gasteiger charge is 2.12. The van der Waals surface area contributed by atoms with E-state index in [2.05, 4.69) is 15.5 Å². The van der Waals surface area contributed by atoms with Crippen molar-refractivity contribution in [3.05, 3.63) is 47.4 Å². The summed E-state index contributed by atoms with van der Waals surface area (Å²) in [7, 11) is 0. The predicted octanol–water partition coefficient (Wildman–Crippen LogP) is 2.77. The Hall–Kier alpha value is -1.23. The molecule has 2 heterocycles. The Balaban J connectivity index is 0.000000902. The second kappa shape index (κ2) is 6.80. The highest BCUT2D eigenvalue weighted by molar-refractivity contribution is 5.85. The van der Waals surface area contributed by atoms with Crippen molar-refractivity contribution in [1.29, 1.82) is 0 Å². The van der Waals surface area contributed by atoms with Crippen molar-refractivity contribution in [1.82, 2.24) is 15.5 Å². The van der Waals surface area contributed by atoms with Crippen LogP contribution in [0.5, 0.6) is 0 Å². The number of aromatic nitrogens is 2. The van der Waals surface area contributed by atoms with Crippen LogP contribution >= 0.6 is 24.8 Å². The van der Waals surface area contributed by atoms with Crippen molar-refractivity contribution in [2.45, 2.75) is 13.0 Å². The van der Waals surface area contributed by atoms with Gasteiger partial charge < -0.3 is 5.32 Å². The lowest BCUT2D eigenvalue weighted by Crippen LogP contribution is -2.24. The lowest BCUT2D eigenvalue weighted by atomic mass is 10.0. The molecule has 0 amide bonds. The van der Waals surface area contributed by atoms with Crippen LogP contribution in [-0.2, 0) is 13.0 Å². The Kier molecular flexibility index (Phi) is 5.66. The van der Waals surface area contributed by atoms with Gasteiger partial charge in [-0.3, -0.25) is 0 Å². The molecule has 0 aliphatic carbocycles. The van der Waals surface area contributed by atoms with Crippen molar-refractivity contribution in [3.8, 4) is 11.3 Å². The predicted molar refractivity (Wildman–Crippen MR) is 77.3 cm³/mol. The number of fused-ring (bicyclic) bond motifs is 1. The Morgan fingerprint density at radius 2 is 1.95 bits per heavy atom. The fourth-order valence-electron chi connectivity index (χ4n) is 2.04. The summed E-state index contributed by atoms with van der Waals surface area (Å²) < 4.78 is 13.1. The summed E-state index contributed by atoms with van der Waals surface area (Å²) in [6, 6.07) is 8.42. The molecule has 0 atom stereocenters. The maximum absolute atomic E-state index is 13.1. The van der Waals surface area contributed by atoms with Crippen molar-refractivity contribution < 1.29 is 4.39 Å². The van der Waals surface area contributed by atoms with E-state index in [9.17, 15) is 4.39 Å². The number of nitrogens with zero attached hydrogens (tertiary/aromatic N) is 2. The second-order valence-electron chi connectivity index (χ2n) is 4.14. The lowest BCUT2D eigenvalue weighted by Gasteiger charge is -2.15. The third kappa shape index (κ3) is 3.41. The van der Waals surface area contributed by atoms with Gasteiger partial charge in [0.25, 0.3) is 0 Å². The summed E-state index contributed by atoms with van der Waals surface area (Å²) in [6.07, 6.45) is 0.908. The maximum atomic E-state index is 13.1. The van der Waals surface area contributed by atoms with Gasteiger partial charge in [0.2, 0.25) is 0 Å². The molecule has 1 aliphatic rings. The molecule has 0 saturated heterocycles. The van der Waals surface area contributed by atoms with Gasteiger partial charge >= 0.3 is 0 Å². The van der Waals surface area contributed by atoms with Gasteiger partial charge in [0.05, 0.1) is 11.4 Å².